The van der Waals surface area contributed by atoms with Crippen molar-refractivity contribution in [2.24, 2.45) is 0 Å². The molecule has 0 amide bonds. The van der Waals surface area contributed by atoms with Gasteiger partial charge in [0.25, 0.3) is 5.56 Å². The number of nitrogens with zero attached hydrogens (tertiary/aromatic N) is 1. The van der Waals surface area contributed by atoms with E-state index in [9.17, 15) is 9.59 Å². The van der Waals surface area contributed by atoms with E-state index in [1.807, 2.05) is 31.2 Å². The summed E-state index contributed by atoms with van der Waals surface area (Å²) in [6.07, 6.45) is 1.72. The highest BCUT2D eigenvalue weighted by Crippen LogP contribution is 2.29. The quantitative estimate of drug-likeness (QED) is 0.700. The lowest BCUT2D eigenvalue weighted by molar-refractivity contribution is 0.0942. The Balaban J connectivity index is 2.43. The third-order valence-electron chi connectivity index (χ3n) is 3.29. The topological polar surface area (TPSA) is 70.7 Å². The van der Waals surface area contributed by atoms with Crippen molar-refractivity contribution in [3.8, 4) is 11.1 Å². The standard InChI is InChI=1S/C14H13N3O2/c1-8-13(14(19)16-15-8)11-7-17(9(2)18)12-6-4-3-5-10(11)12/h3-7H,1-2H3,(H2,15,16,19). The van der Waals surface area contributed by atoms with Crippen LogP contribution in [-0.2, 0) is 0 Å². The van der Waals surface area contributed by atoms with Crippen molar-refractivity contribution in [1.82, 2.24) is 14.8 Å². The third kappa shape index (κ3) is 1.62. The van der Waals surface area contributed by atoms with Gasteiger partial charge in [0.2, 0.25) is 5.91 Å². The lowest BCUT2D eigenvalue weighted by Crippen LogP contribution is -2.03. The first-order chi connectivity index (χ1) is 9.09. The van der Waals surface area contributed by atoms with Crippen LogP contribution >= 0.6 is 0 Å². The first-order valence-electron chi connectivity index (χ1n) is 5.98. The largest absolute Gasteiger partial charge is 0.302 e. The molecule has 0 fully saturated rings. The molecule has 0 saturated carbocycles. The molecular weight excluding hydrogens is 242 g/mol. The molecule has 0 radical (unpaired) electrons. The van der Waals surface area contributed by atoms with Crippen LogP contribution in [0.1, 0.15) is 17.4 Å². The van der Waals surface area contributed by atoms with Gasteiger partial charge in [-0.3, -0.25) is 19.3 Å². The fourth-order valence-electron chi connectivity index (χ4n) is 2.41. The second-order valence-corrected chi connectivity index (χ2v) is 4.53. The van der Waals surface area contributed by atoms with Gasteiger partial charge in [0.1, 0.15) is 0 Å². The molecule has 5 nitrogen and oxygen atoms in total. The second-order valence-electron chi connectivity index (χ2n) is 4.53. The molecule has 0 aliphatic heterocycles. The Kier molecular flexibility index (Phi) is 2.41. The Morgan fingerprint density at radius 3 is 2.58 bits per heavy atom. The average Bonchev–Trinajstić information content (AvgIpc) is 2.91. The fraction of sp³-hybridized carbons (Fsp3) is 0.143. The van der Waals surface area contributed by atoms with Crippen molar-refractivity contribution in [3.63, 3.8) is 0 Å². The molecule has 3 aromatic rings. The van der Waals surface area contributed by atoms with Gasteiger partial charge >= 0.3 is 0 Å². The van der Waals surface area contributed by atoms with Crippen molar-refractivity contribution in [1.29, 1.82) is 0 Å². The number of para-hydroxylation sites is 1. The number of carbonyl (C=O) groups excluding carboxylic acids is 1. The normalized spacial score (nSPS) is 11.1. The predicted octanol–water partition coefficient (Wildman–Crippen LogP) is 2.29. The van der Waals surface area contributed by atoms with E-state index in [2.05, 4.69) is 10.2 Å². The fourth-order valence-corrected chi connectivity index (χ4v) is 2.41. The second kappa shape index (κ2) is 3.98. The number of rotatable bonds is 1. The van der Waals surface area contributed by atoms with Crippen LogP contribution in [0.2, 0.25) is 0 Å². The first kappa shape index (κ1) is 11.5. The van der Waals surface area contributed by atoms with Gasteiger partial charge in [0, 0.05) is 29.8 Å². The minimum Gasteiger partial charge on any atom is -0.302 e. The Morgan fingerprint density at radius 1 is 1.21 bits per heavy atom. The summed E-state index contributed by atoms with van der Waals surface area (Å²) in [5.74, 6) is -0.0768. The molecule has 3 rings (SSSR count). The molecule has 5 heteroatoms. The molecule has 0 saturated heterocycles. The van der Waals surface area contributed by atoms with Gasteiger partial charge < -0.3 is 5.10 Å². The third-order valence-corrected chi connectivity index (χ3v) is 3.29. The Hall–Kier alpha value is -2.56. The highest BCUT2D eigenvalue weighted by molar-refractivity contribution is 6.01. The van der Waals surface area contributed by atoms with E-state index >= 15 is 0 Å². The molecule has 2 N–H and O–H groups in total. The number of hydrogen-bond acceptors (Lipinski definition) is 2. The number of hydrogen-bond donors (Lipinski definition) is 2. The summed E-state index contributed by atoms with van der Waals surface area (Å²) in [5.41, 5.74) is 2.74. The number of benzene rings is 1. The Morgan fingerprint density at radius 2 is 1.95 bits per heavy atom. The molecule has 0 aliphatic rings. The van der Waals surface area contributed by atoms with Crippen LogP contribution in [0.15, 0.2) is 35.3 Å². The summed E-state index contributed by atoms with van der Waals surface area (Å²) in [6.45, 7) is 3.33. The zero-order chi connectivity index (χ0) is 13.6. The summed E-state index contributed by atoms with van der Waals surface area (Å²) in [6, 6.07) is 7.55. The highest BCUT2D eigenvalue weighted by atomic mass is 16.1. The maximum atomic E-state index is 11.9. The summed E-state index contributed by atoms with van der Waals surface area (Å²) < 4.78 is 1.57. The zero-order valence-electron chi connectivity index (χ0n) is 10.7. The maximum Gasteiger partial charge on any atom is 0.272 e. The van der Waals surface area contributed by atoms with Crippen LogP contribution in [-0.4, -0.2) is 20.7 Å². The molecule has 0 unspecified atom stereocenters. The van der Waals surface area contributed by atoms with Gasteiger partial charge in [-0.05, 0) is 13.0 Å². The maximum absolute atomic E-state index is 11.9. The molecule has 1 aromatic carbocycles. The number of fused-ring (bicyclic) bond motifs is 1. The molecule has 96 valence electrons. The summed E-state index contributed by atoms with van der Waals surface area (Å²) >= 11 is 0. The van der Waals surface area contributed by atoms with Crippen LogP contribution in [0.3, 0.4) is 0 Å². The number of nitrogens with one attached hydrogen (secondary N) is 2. The van der Waals surface area contributed by atoms with E-state index in [0.29, 0.717) is 5.56 Å². The summed E-state index contributed by atoms with van der Waals surface area (Å²) in [7, 11) is 0. The molecular formula is C14H13N3O2. The van der Waals surface area contributed by atoms with Crippen molar-refractivity contribution < 1.29 is 4.79 Å². The van der Waals surface area contributed by atoms with Crippen molar-refractivity contribution in [2.75, 3.05) is 0 Å². The smallest absolute Gasteiger partial charge is 0.272 e. The van der Waals surface area contributed by atoms with E-state index in [4.69, 9.17) is 0 Å². The predicted molar refractivity (Wildman–Crippen MR) is 73.4 cm³/mol. The summed E-state index contributed by atoms with van der Waals surface area (Å²) in [5, 5.41) is 6.27. The number of aromatic nitrogens is 3. The molecule has 2 heterocycles. The average molecular weight is 255 g/mol. The molecule has 0 atom stereocenters. The molecule has 2 aromatic heterocycles. The number of carbonyl (C=O) groups is 1. The minimum absolute atomic E-state index is 0.0768. The Bertz CT molecular complexity index is 836. The summed E-state index contributed by atoms with van der Waals surface area (Å²) in [4.78, 5) is 23.6. The first-order valence-corrected chi connectivity index (χ1v) is 5.98. The van der Waals surface area contributed by atoms with Crippen molar-refractivity contribution in [3.05, 3.63) is 46.5 Å². The van der Waals surface area contributed by atoms with Crippen LogP contribution in [0, 0.1) is 6.92 Å². The van der Waals surface area contributed by atoms with Crippen LogP contribution in [0.25, 0.3) is 22.0 Å². The van der Waals surface area contributed by atoms with Gasteiger partial charge in [0.15, 0.2) is 0 Å². The molecule has 0 bridgehead atoms. The number of aryl methyl sites for hydroxylation is 1. The van der Waals surface area contributed by atoms with E-state index < -0.39 is 0 Å². The molecule has 0 spiro atoms. The van der Waals surface area contributed by atoms with Gasteiger partial charge in [-0.1, -0.05) is 18.2 Å². The monoisotopic (exact) mass is 255 g/mol. The van der Waals surface area contributed by atoms with Crippen LogP contribution < -0.4 is 5.56 Å². The van der Waals surface area contributed by atoms with Crippen molar-refractivity contribution >= 4 is 16.8 Å². The lowest BCUT2D eigenvalue weighted by atomic mass is 10.1. The van der Waals surface area contributed by atoms with Gasteiger partial charge in [-0.25, -0.2) is 0 Å². The molecule has 0 aliphatic carbocycles. The van der Waals surface area contributed by atoms with Gasteiger partial charge in [-0.15, -0.1) is 0 Å². The SMILES string of the molecule is CC(=O)n1cc(-c2c(C)[nH][nH]c2=O)c2ccccc21. The zero-order valence-corrected chi connectivity index (χ0v) is 10.7. The van der Waals surface area contributed by atoms with E-state index in [1.54, 1.807) is 10.8 Å². The van der Waals surface area contributed by atoms with Crippen molar-refractivity contribution in [2.45, 2.75) is 13.8 Å². The molecule has 19 heavy (non-hydrogen) atoms. The van der Waals surface area contributed by atoms with Gasteiger partial charge in [0.05, 0.1) is 11.1 Å². The minimum atomic E-state index is -0.177. The Labute approximate surface area is 108 Å². The number of H-pyrrole nitrogens is 2. The van der Waals surface area contributed by atoms with Crippen LogP contribution in [0.4, 0.5) is 0 Å². The lowest BCUT2D eigenvalue weighted by Gasteiger charge is -1.97. The van der Waals surface area contributed by atoms with Crippen LogP contribution in [0.5, 0.6) is 0 Å². The van der Waals surface area contributed by atoms with E-state index in [-0.39, 0.29) is 11.5 Å². The van der Waals surface area contributed by atoms with Gasteiger partial charge in [-0.2, -0.15) is 0 Å². The van der Waals surface area contributed by atoms with E-state index in [0.717, 1.165) is 22.2 Å². The van der Waals surface area contributed by atoms with E-state index in [1.165, 1.54) is 6.92 Å². The number of aromatic amines is 2. The highest BCUT2D eigenvalue weighted by Gasteiger charge is 2.17.